The van der Waals surface area contributed by atoms with Gasteiger partial charge in [-0.25, -0.2) is 9.59 Å². The number of cyclic esters (lactones) is 1. The first-order chi connectivity index (χ1) is 12.8. The molecule has 7 heteroatoms. The van der Waals surface area contributed by atoms with Gasteiger partial charge in [0.15, 0.2) is 5.60 Å². The summed E-state index contributed by atoms with van der Waals surface area (Å²) in [5.41, 5.74) is -1.65. The highest BCUT2D eigenvalue weighted by molar-refractivity contribution is 5.92. The minimum absolute atomic E-state index is 0.237. The highest BCUT2D eigenvalue weighted by Gasteiger charge is 2.83. The summed E-state index contributed by atoms with van der Waals surface area (Å²) in [5, 5.41) is 11.4. The molecule has 7 nitrogen and oxygen atoms in total. The summed E-state index contributed by atoms with van der Waals surface area (Å²) in [6.07, 6.45) is 4.20. The van der Waals surface area contributed by atoms with E-state index in [9.17, 15) is 14.7 Å². The van der Waals surface area contributed by atoms with Gasteiger partial charge in [0.05, 0.1) is 12.5 Å². The number of carbonyl (C=O) groups is 2. The van der Waals surface area contributed by atoms with Crippen molar-refractivity contribution in [1.82, 2.24) is 0 Å². The van der Waals surface area contributed by atoms with E-state index in [1.54, 1.807) is 18.6 Å². The molecule has 1 unspecified atom stereocenters. The number of esters is 2. The van der Waals surface area contributed by atoms with Crippen LogP contribution in [-0.2, 0) is 23.8 Å². The Morgan fingerprint density at radius 1 is 1.19 bits per heavy atom. The van der Waals surface area contributed by atoms with E-state index in [4.69, 9.17) is 18.6 Å². The van der Waals surface area contributed by atoms with Crippen LogP contribution in [0.25, 0.3) is 0 Å². The molecular formula is C20H20O7. The molecule has 142 valence electrons. The molecule has 0 radical (unpaired) electrons. The van der Waals surface area contributed by atoms with Crippen LogP contribution in [0.3, 0.4) is 0 Å². The zero-order valence-corrected chi connectivity index (χ0v) is 15.0. The first-order valence-corrected chi connectivity index (χ1v) is 9.33. The van der Waals surface area contributed by atoms with E-state index in [0.29, 0.717) is 18.4 Å². The third kappa shape index (κ3) is 1.59. The second kappa shape index (κ2) is 4.47. The van der Waals surface area contributed by atoms with Crippen LogP contribution in [0.2, 0.25) is 0 Å². The van der Waals surface area contributed by atoms with Crippen LogP contribution in [0.4, 0.5) is 0 Å². The number of hydrogen-bond donors (Lipinski definition) is 1. The monoisotopic (exact) mass is 372 g/mol. The van der Waals surface area contributed by atoms with Gasteiger partial charge in [-0.2, -0.15) is 0 Å². The Bertz CT molecular complexity index is 903. The first kappa shape index (κ1) is 15.9. The molecule has 4 aliphatic heterocycles. The predicted octanol–water partition coefficient (Wildman–Crippen LogP) is 1.66. The number of hydrogen-bond acceptors (Lipinski definition) is 7. The van der Waals surface area contributed by atoms with Crippen LogP contribution < -0.4 is 0 Å². The molecule has 7 rings (SSSR count). The van der Waals surface area contributed by atoms with Gasteiger partial charge in [0.1, 0.15) is 24.4 Å². The molecule has 1 saturated carbocycles. The summed E-state index contributed by atoms with van der Waals surface area (Å²) in [7, 11) is 0. The number of fused-ring (bicyclic) bond motifs is 2. The SMILES string of the molecule is C[C@@]12C[C@H](c3ccoc3)OC(=O)C1=CC[C@]1(C)C2[C@H]2OC(=O)[C@]1(O)[C@H]1O[C@@H]21. The van der Waals surface area contributed by atoms with Crippen LogP contribution in [0, 0.1) is 16.7 Å². The molecule has 0 spiro atoms. The van der Waals surface area contributed by atoms with Gasteiger partial charge in [0.25, 0.3) is 0 Å². The summed E-state index contributed by atoms with van der Waals surface area (Å²) in [6, 6.07) is 1.79. The van der Waals surface area contributed by atoms with E-state index in [2.05, 4.69) is 0 Å². The third-order valence-corrected chi connectivity index (χ3v) is 7.73. The Balaban J connectivity index is 1.51. The average molecular weight is 372 g/mol. The van der Waals surface area contributed by atoms with Crippen molar-refractivity contribution in [2.45, 2.75) is 56.7 Å². The molecule has 27 heavy (non-hydrogen) atoms. The van der Waals surface area contributed by atoms with Crippen molar-refractivity contribution in [3.63, 3.8) is 0 Å². The maximum atomic E-state index is 12.8. The van der Waals surface area contributed by atoms with Gasteiger partial charge in [-0.3, -0.25) is 0 Å². The third-order valence-electron chi connectivity index (χ3n) is 7.73. The van der Waals surface area contributed by atoms with E-state index in [1.807, 2.05) is 19.9 Å². The topological polar surface area (TPSA) is 98.5 Å². The zero-order valence-electron chi connectivity index (χ0n) is 15.0. The minimum atomic E-state index is -1.69. The number of ether oxygens (including phenoxy) is 3. The quantitative estimate of drug-likeness (QED) is 0.591. The lowest BCUT2D eigenvalue weighted by Crippen LogP contribution is -2.75. The first-order valence-electron chi connectivity index (χ1n) is 9.33. The van der Waals surface area contributed by atoms with Gasteiger partial charge in [0.2, 0.25) is 0 Å². The molecule has 8 atom stereocenters. The fourth-order valence-corrected chi connectivity index (χ4v) is 6.40. The lowest BCUT2D eigenvalue weighted by atomic mass is 9.43. The molecule has 6 aliphatic rings. The Morgan fingerprint density at radius 2 is 2.00 bits per heavy atom. The van der Waals surface area contributed by atoms with E-state index in [-0.39, 0.29) is 18.0 Å². The van der Waals surface area contributed by atoms with Crippen LogP contribution in [-0.4, -0.2) is 41.0 Å². The maximum Gasteiger partial charge on any atom is 0.342 e. The number of allylic oxidation sites excluding steroid dienone is 1. The molecular weight excluding hydrogens is 352 g/mol. The smallest absolute Gasteiger partial charge is 0.342 e. The fourth-order valence-electron chi connectivity index (χ4n) is 6.40. The number of epoxide rings is 1. The second-order valence-corrected chi connectivity index (χ2v) is 8.95. The summed E-state index contributed by atoms with van der Waals surface area (Å²) < 4.78 is 22.2. The molecule has 1 aromatic rings. The maximum absolute atomic E-state index is 12.8. The van der Waals surface area contributed by atoms with Crippen LogP contribution in [0.15, 0.2) is 34.7 Å². The second-order valence-electron chi connectivity index (χ2n) is 8.95. The van der Waals surface area contributed by atoms with Gasteiger partial charge in [0, 0.05) is 27.9 Å². The number of carbonyl (C=O) groups excluding carboxylic acids is 2. The molecule has 0 aromatic carbocycles. The van der Waals surface area contributed by atoms with E-state index < -0.39 is 40.7 Å². The van der Waals surface area contributed by atoms with E-state index in [0.717, 1.165) is 5.56 Å². The van der Waals surface area contributed by atoms with Crippen molar-refractivity contribution < 1.29 is 33.3 Å². The van der Waals surface area contributed by atoms with Gasteiger partial charge in [-0.15, -0.1) is 0 Å². The van der Waals surface area contributed by atoms with Crippen molar-refractivity contribution in [3.05, 3.63) is 35.8 Å². The van der Waals surface area contributed by atoms with Gasteiger partial charge in [-0.1, -0.05) is 19.9 Å². The summed E-state index contributed by atoms with van der Waals surface area (Å²) in [6.45, 7) is 3.94. The van der Waals surface area contributed by atoms with E-state index in [1.165, 1.54) is 0 Å². The molecule has 5 heterocycles. The van der Waals surface area contributed by atoms with Crippen LogP contribution >= 0.6 is 0 Å². The van der Waals surface area contributed by atoms with Crippen LogP contribution in [0.5, 0.6) is 0 Å². The molecule has 4 saturated heterocycles. The normalized spacial score (nSPS) is 52.1. The highest BCUT2D eigenvalue weighted by Crippen LogP contribution is 2.70. The fraction of sp³-hybridized carbons (Fsp3) is 0.600. The molecule has 1 N–H and O–H groups in total. The molecule has 2 aliphatic carbocycles. The summed E-state index contributed by atoms with van der Waals surface area (Å²) in [4.78, 5) is 25.4. The van der Waals surface area contributed by atoms with Crippen molar-refractivity contribution >= 4 is 11.9 Å². The van der Waals surface area contributed by atoms with Crippen molar-refractivity contribution in [1.29, 1.82) is 0 Å². The van der Waals surface area contributed by atoms with Crippen molar-refractivity contribution in [2.24, 2.45) is 16.7 Å². The Labute approximate surface area is 155 Å². The number of aliphatic hydroxyl groups is 1. The zero-order chi connectivity index (χ0) is 18.8. The Hall–Kier alpha value is -2.12. The lowest BCUT2D eigenvalue weighted by molar-refractivity contribution is -0.258. The highest BCUT2D eigenvalue weighted by atomic mass is 16.7. The molecule has 1 aromatic heterocycles. The number of furan rings is 1. The van der Waals surface area contributed by atoms with Crippen molar-refractivity contribution in [2.75, 3.05) is 0 Å². The Kier molecular flexibility index (Phi) is 2.63. The largest absolute Gasteiger partial charge is 0.472 e. The molecule has 2 bridgehead atoms. The average Bonchev–Trinajstić information content (AvgIpc) is 3.24. The van der Waals surface area contributed by atoms with Gasteiger partial charge >= 0.3 is 11.9 Å². The van der Waals surface area contributed by atoms with Gasteiger partial charge < -0.3 is 23.7 Å². The minimum Gasteiger partial charge on any atom is -0.472 e. The summed E-state index contributed by atoms with van der Waals surface area (Å²) in [5.74, 6) is -1.20. The lowest BCUT2D eigenvalue weighted by Gasteiger charge is -2.63. The predicted molar refractivity (Wildman–Crippen MR) is 88.1 cm³/mol. The number of rotatable bonds is 1. The van der Waals surface area contributed by atoms with Crippen LogP contribution in [0.1, 0.15) is 38.4 Å². The Morgan fingerprint density at radius 3 is 2.74 bits per heavy atom. The van der Waals surface area contributed by atoms with Gasteiger partial charge in [-0.05, 0) is 18.9 Å². The van der Waals surface area contributed by atoms with Crippen molar-refractivity contribution in [3.8, 4) is 0 Å². The standard InChI is InChI=1S/C20H20O7/c1-18-7-11(9-4-6-24-8-9)25-16(21)10(18)3-5-19(2)14(18)12-13-15(26-13)20(19,23)17(22)27-12/h3-4,6,8,11-15,23H,5,7H2,1-2H3/t11-,12+,13+,14?,15+,18-,19-,20-/m1/s1. The van der Waals surface area contributed by atoms with E-state index >= 15 is 0 Å². The molecule has 0 amide bonds. The summed E-state index contributed by atoms with van der Waals surface area (Å²) >= 11 is 0. The molecule has 5 fully saturated rings.